The average Bonchev–Trinajstić information content (AvgIpc) is 2.52. The van der Waals surface area contributed by atoms with E-state index in [2.05, 4.69) is 39.2 Å². The maximum Gasteiger partial charge on any atom is 0.337 e. The van der Waals surface area contributed by atoms with E-state index in [1.165, 1.54) is 7.11 Å². The number of rotatable bonds is 6. The molecular formula is C17H22N4O2. The fourth-order valence-electron chi connectivity index (χ4n) is 1.96. The number of methoxy groups -OCH3 is 1. The van der Waals surface area contributed by atoms with E-state index in [1.807, 2.05) is 13.0 Å². The van der Waals surface area contributed by atoms with Gasteiger partial charge in [-0.1, -0.05) is 13.8 Å². The van der Waals surface area contributed by atoms with Crippen LogP contribution in [-0.4, -0.2) is 29.6 Å². The largest absolute Gasteiger partial charge is 0.465 e. The van der Waals surface area contributed by atoms with Crippen LogP contribution in [0.4, 0.5) is 17.5 Å². The Hall–Kier alpha value is -2.63. The number of hydrogen-bond acceptors (Lipinski definition) is 6. The third kappa shape index (κ3) is 4.95. The van der Waals surface area contributed by atoms with Crippen LogP contribution in [0.25, 0.3) is 0 Å². The zero-order chi connectivity index (χ0) is 16.8. The normalized spacial score (nSPS) is 10.5. The minimum atomic E-state index is -0.358. The van der Waals surface area contributed by atoms with Gasteiger partial charge in [0.1, 0.15) is 5.82 Å². The molecule has 0 unspecified atom stereocenters. The molecule has 0 bridgehead atoms. The van der Waals surface area contributed by atoms with E-state index in [-0.39, 0.29) is 5.97 Å². The van der Waals surface area contributed by atoms with Crippen LogP contribution in [0.3, 0.4) is 0 Å². The van der Waals surface area contributed by atoms with Crippen molar-refractivity contribution in [3.05, 3.63) is 41.6 Å². The molecule has 1 aromatic carbocycles. The predicted octanol–water partition coefficient (Wildman–Crippen LogP) is 3.38. The molecular weight excluding hydrogens is 292 g/mol. The monoisotopic (exact) mass is 314 g/mol. The van der Waals surface area contributed by atoms with E-state index < -0.39 is 0 Å². The second kappa shape index (κ2) is 7.58. The Bertz CT molecular complexity index is 669. The number of aryl methyl sites for hydroxylation is 1. The molecule has 2 rings (SSSR count). The number of anilines is 3. The fraction of sp³-hybridized carbons (Fsp3) is 0.353. The van der Waals surface area contributed by atoms with Gasteiger partial charge in [0.2, 0.25) is 5.95 Å². The molecule has 0 amide bonds. The van der Waals surface area contributed by atoms with Gasteiger partial charge >= 0.3 is 5.97 Å². The highest BCUT2D eigenvalue weighted by Gasteiger charge is 2.06. The van der Waals surface area contributed by atoms with Crippen LogP contribution in [0.5, 0.6) is 0 Å². The highest BCUT2D eigenvalue weighted by Crippen LogP contribution is 2.17. The lowest BCUT2D eigenvalue weighted by atomic mass is 10.2. The molecule has 0 atom stereocenters. The second-order valence-corrected chi connectivity index (χ2v) is 5.69. The number of nitrogens with one attached hydrogen (secondary N) is 2. The number of hydrogen-bond donors (Lipinski definition) is 2. The summed E-state index contributed by atoms with van der Waals surface area (Å²) in [4.78, 5) is 20.2. The molecule has 0 saturated heterocycles. The van der Waals surface area contributed by atoms with Gasteiger partial charge in [-0.2, -0.15) is 4.98 Å². The lowest BCUT2D eigenvalue weighted by Crippen LogP contribution is -2.10. The lowest BCUT2D eigenvalue weighted by Gasteiger charge is -2.11. The maximum atomic E-state index is 11.4. The molecule has 0 spiro atoms. The zero-order valence-electron chi connectivity index (χ0n) is 13.9. The van der Waals surface area contributed by atoms with Crippen molar-refractivity contribution in [1.82, 2.24) is 9.97 Å². The summed E-state index contributed by atoms with van der Waals surface area (Å²) < 4.78 is 4.68. The van der Waals surface area contributed by atoms with Crippen LogP contribution in [0.1, 0.15) is 29.9 Å². The van der Waals surface area contributed by atoms with Gasteiger partial charge in [-0.25, -0.2) is 9.78 Å². The van der Waals surface area contributed by atoms with E-state index in [9.17, 15) is 4.79 Å². The number of aromatic nitrogens is 2. The Morgan fingerprint density at radius 1 is 1.22 bits per heavy atom. The SMILES string of the molecule is COC(=O)c1ccc(Nc2nc(C)cc(NCC(C)C)n2)cc1. The van der Waals surface area contributed by atoms with Crippen molar-refractivity contribution in [1.29, 1.82) is 0 Å². The maximum absolute atomic E-state index is 11.4. The van der Waals surface area contributed by atoms with Gasteiger partial charge in [-0.05, 0) is 37.1 Å². The summed E-state index contributed by atoms with van der Waals surface area (Å²) in [6, 6.07) is 8.88. The second-order valence-electron chi connectivity index (χ2n) is 5.69. The van der Waals surface area contributed by atoms with E-state index in [0.717, 1.165) is 23.7 Å². The Labute approximate surface area is 136 Å². The molecule has 23 heavy (non-hydrogen) atoms. The Morgan fingerprint density at radius 2 is 1.91 bits per heavy atom. The molecule has 0 fully saturated rings. The molecule has 122 valence electrons. The zero-order valence-corrected chi connectivity index (χ0v) is 13.9. The van der Waals surface area contributed by atoms with Crippen molar-refractivity contribution in [2.45, 2.75) is 20.8 Å². The van der Waals surface area contributed by atoms with Crippen molar-refractivity contribution in [3.8, 4) is 0 Å². The summed E-state index contributed by atoms with van der Waals surface area (Å²) >= 11 is 0. The summed E-state index contributed by atoms with van der Waals surface area (Å²) in [6.07, 6.45) is 0. The van der Waals surface area contributed by atoms with Gasteiger partial charge in [-0.3, -0.25) is 0 Å². The highest BCUT2D eigenvalue weighted by molar-refractivity contribution is 5.89. The topological polar surface area (TPSA) is 76.1 Å². The van der Waals surface area contributed by atoms with E-state index in [4.69, 9.17) is 0 Å². The van der Waals surface area contributed by atoms with Gasteiger partial charge in [-0.15, -0.1) is 0 Å². The quantitative estimate of drug-likeness (QED) is 0.796. The van der Waals surface area contributed by atoms with Gasteiger partial charge in [0.15, 0.2) is 0 Å². The summed E-state index contributed by atoms with van der Waals surface area (Å²) in [5.74, 6) is 1.48. The Morgan fingerprint density at radius 3 is 2.52 bits per heavy atom. The number of carbonyl (C=O) groups excluding carboxylic acids is 1. The minimum Gasteiger partial charge on any atom is -0.465 e. The minimum absolute atomic E-state index is 0.358. The molecule has 2 N–H and O–H groups in total. The molecule has 0 aliphatic heterocycles. The van der Waals surface area contributed by atoms with Gasteiger partial charge < -0.3 is 15.4 Å². The molecule has 0 aliphatic carbocycles. The van der Waals surface area contributed by atoms with Crippen LogP contribution in [0.15, 0.2) is 30.3 Å². The van der Waals surface area contributed by atoms with Crippen LogP contribution in [-0.2, 0) is 4.74 Å². The van der Waals surface area contributed by atoms with E-state index in [1.54, 1.807) is 24.3 Å². The van der Waals surface area contributed by atoms with Crippen LogP contribution >= 0.6 is 0 Å². The van der Waals surface area contributed by atoms with Crippen molar-refractivity contribution in [2.24, 2.45) is 5.92 Å². The fourth-order valence-corrected chi connectivity index (χ4v) is 1.96. The van der Waals surface area contributed by atoms with Crippen LogP contribution in [0.2, 0.25) is 0 Å². The third-order valence-corrected chi connectivity index (χ3v) is 3.11. The summed E-state index contributed by atoms with van der Waals surface area (Å²) in [5.41, 5.74) is 2.18. The number of benzene rings is 1. The molecule has 0 radical (unpaired) electrons. The number of nitrogens with zero attached hydrogens (tertiary/aromatic N) is 2. The average molecular weight is 314 g/mol. The van der Waals surface area contributed by atoms with Crippen LogP contribution < -0.4 is 10.6 Å². The number of esters is 1. The summed E-state index contributed by atoms with van der Waals surface area (Å²) in [6.45, 7) is 7.06. The van der Waals surface area contributed by atoms with Crippen molar-refractivity contribution in [2.75, 3.05) is 24.3 Å². The lowest BCUT2D eigenvalue weighted by molar-refractivity contribution is 0.0601. The molecule has 6 heteroatoms. The van der Waals surface area contributed by atoms with Gasteiger partial charge in [0.25, 0.3) is 0 Å². The summed E-state index contributed by atoms with van der Waals surface area (Å²) in [5, 5.41) is 6.43. The van der Waals surface area contributed by atoms with E-state index >= 15 is 0 Å². The number of carbonyl (C=O) groups is 1. The molecule has 6 nitrogen and oxygen atoms in total. The predicted molar refractivity (Wildman–Crippen MR) is 91.2 cm³/mol. The standard InChI is InChI=1S/C17H22N4O2/c1-11(2)10-18-15-9-12(3)19-17(21-15)20-14-7-5-13(6-8-14)16(22)23-4/h5-9,11H,10H2,1-4H3,(H2,18,19,20,21). The van der Waals surface area contributed by atoms with Crippen molar-refractivity contribution < 1.29 is 9.53 Å². The molecule has 0 saturated carbocycles. The first-order valence-electron chi connectivity index (χ1n) is 7.53. The first-order chi connectivity index (χ1) is 11.0. The smallest absolute Gasteiger partial charge is 0.337 e. The first kappa shape index (κ1) is 16.7. The Balaban J connectivity index is 2.11. The van der Waals surface area contributed by atoms with Crippen molar-refractivity contribution in [3.63, 3.8) is 0 Å². The molecule has 1 aromatic heterocycles. The van der Waals surface area contributed by atoms with E-state index in [0.29, 0.717) is 17.4 Å². The molecule has 1 heterocycles. The van der Waals surface area contributed by atoms with Gasteiger partial charge in [0.05, 0.1) is 12.7 Å². The Kier molecular flexibility index (Phi) is 5.51. The molecule has 2 aromatic rings. The van der Waals surface area contributed by atoms with Crippen molar-refractivity contribution >= 4 is 23.4 Å². The first-order valence-corrected chi connectivity index (χ1v) is 7.53. The van der Waals surface area contributed by atoms with Gasteiger partial charge in [0, 0.05) is 24.0 Å². The number of ether oxygens (including phenoxy) is 1. The van der Waals surface area contributed by atoms with Crippen LogP contribution in [0, 0.1) is 12.8 Å². The third-order valence-electron chi connectivity index (χ3n) is 3.11. The summed E-state index contributed by atoms with van der Waals surface area (Å²) in [7, 11) is 1.36. The highest BCUT2D eigenvalue weighted by atomic mass is 16.5. The molecule has 0 aliphatic rings.